The van der Waals surface area contributed by atoms with E-state index >= 15 is 0 Å². The van der Waals surface area contributed by atoms with Crippen molar-refractivity contribution in [1.29, 1.82) is 0 Å². The third-order valence-corrected chi connectivity index (χ3v) is 15.1. The lowest BCUT2D eigenvalue weighted by Crippen LogP contribution is -1.94. The van der Waals surface area contributed by atoms with Crippen LogP contribution >= 0.6 is 0 Å². The van der Waals surface area contributed by atoms with E-state index in [1.807, 2.05) is 0 Å². The van der Waals surface area contributed by atoms with Crippen LogP contribution in [0.25, 0.3) is 142 Å². The summed E-state index contributed by atoms with van der Waals surface area (Å²) in [6.07, 6.45) is 0. The standard InChI is InChI=1S/C68H42N2/c1-2-14-43(15-3-1)44-26-32-49(33-27-44)69-63-24-12-10-21-55(63)61-40-46(30-38-65(61)69)47-31-39-66-62(41-47)56-22-11-13-25-64(56)70(66)50-34-28-45(29-35-50)60-42-48-16-4-5-17-51(48)67-59(60)37-36-58-54-20-7-6-18-52(54)53-19-8-9-23-57(53)68(58)67/h1-42H. The van der Waals surface area contributed by atoms with Crippen LogP contribution in [0, 0.1) is 0 Å². The predicted molar refractivity (Wildman–Crippen MR) is 299 cm³/mol. The van der Waals surface area contributed by atoms with Crippen molar-refractivity contribution in [3.05, 3.63) is 255 Å². The SMILES string of the molecule is c1ccc(-c2ccc(-n3c4ccccc4c4cc(-c5ccc6c(c5)c5ccccc5n6-c5ccc(-c6cc7ccccc7c7c6ccc6c8ccccc8c8ccccc8c67)cc5)ccc43)cc2)cc1. The van der Waals surface area contributed by atoms with Crippen LogP contribution in [0.4, 0.5) is 0 Å². The van der Waals surface area contributed by atoms with E-state index in [1.54, 1.807) is 0 Å². The molecule has 0 fully saturated rings. The van der Waals surface area contributed by atoms with Gasteiger partial charge >= 0.3 is 0 Å². The van der Waals surface area contributed by atoms with Crippen LogP contribution in [0.5, 0.6) is 0 Å². The Morgan fingerprint density at radius 3 is 1.17 bits per heavy atom. The summed E-state index contributed by atoms with van der Waals surface area (Å²) in [6, 6.07) is 94.2. The Kier molecular flexibility index (Phi) is 8.39. The van der Waals surface area contributed by atoms with Crippen molar-refractivity contribution in [3.63, 3.8) is 0 Å². The van der Waals surface area contributed by atoms with E-state index in [1.165, 1.54) is 131 Å². The topological polar surface area (TPSA) is 9.86 Å². The third kappa shape index (κ3) is 5.74. The van der Waals surface area contributed by atoms with Gasteiger partial charge in [-0.2, -0.15) is 0 Å². The van der Waals surface area contributed by atoms with Crippen molar-refractivity contribution in [2.45, 2.75) is 0 Å². The van der Waals surface area contributed by atoms with Gasteiger partial charge < -0.3 is 9.13 Å². The van der Waals surface area contributed by atoms with E-state index in [-0.39, 0.29) is 0 Å². The van der Waals surface area contributed by atoms with Gasteiger partial charge in [-0.1, -0.05) is 188 Å². The minimum Gasteiger partial charge on any atom is -0.309 e. The van der Waals surface area contributed by atoms with Crippen LogP contribution in [-0.4, -0.2) is 9.13 Å². The summed E-state index contributed by atoms with van der Waals surface area (Å²) in [5.41, 5.74) is 14.4. The number of rotatable bonds is 5. The summed E-state index contributed by atoms with van der Waals surface area (Å²) in [5, 5.41) is 17.9. The molecule has 0 aliphatic carbocycles. The Morgan fingerprint density at radius 1 is 0.200 bits per heavy atom. The summed E-state index contributed by atoms with van der Waals surface area (Å²) in [4.78, 5) is 0. The van der Waals surface area contributed by atoms with Crippen molar-refractivity contribution >= 4 is 97.5 Å². The van der Waals surface area contributed by atoms with Gasteiger partial charge in [-0.05, 0) is 154 Å². The molecule has 0 aliphatic heterocycles. The number of hydrogen-bond acceptors (Lipinski definition) is 0. The molecule has 0 spiro atoms. The first-order valence-electron chi connectivity index (χ1n) is 24.2. The third-order valence-electron chi connectivity index (χ3n) is 15.1. The summed E-state index contributed by atoms with van der Waals surface area (Å²) in [7, 11) is 0. The maximum Gasteiger partial charge on any atom is 0.0541 e. The van der Waals surface area contributed by atoms with E-state index in [4.69, 9.17) is 0 Å². The molecule has 0 aliphatic rings. The molecule has 70 heavy (non-hydrogen) atoms. The van der Waals surface area contributed by atoms with Crippen LogP contribution in [0.2, 0.25) is 0 Å². The van der Waals surface area contributed by atoms with E-state index in [0.717, 1.165) is 11.4 Å². The molecule has 0 saturated carbocycles. The van der Waals surface area contributed by atoms with E-state index in [2.05, 4.69) is 264 Å². The molecule has 13 aromatic carbocycles. The highest BCUT2D eigenvalue weighted by atomic mass is 15.0. The zero-order chi connectivity index (χ0) is 45.9. The zero-order valence-corrected chi connectivity index (χ0v) is 38.1. The lowest BCUT2D eigenvalue weighted by atomic mass is 9.86. The average molecular weight is 887 g/mol. The fourth-order valence-corrected chi connectivity index (χ4v) is 11.9. The van der Waals surface area contributed by atoms with Gasteiger partial charge in [0.2, 0.25) is 0 Å². The normalized spacial score (nSPS) is 12.0. The van der Waals surface area contributed by atoms with Crippen LogP contribution in [-0.2, 0) is 0 Å². The maximum absolute atomic E-state index is 2.43. The number of benzene rings is 13. The van der Waals surface area contributed by atoms with Gasteiger partial charge in [0.25, 0.3) is 0 Å². The molecule has 0 radical (unpaired) electrons. The fraction of sp³-hybridized carbons (Fsp3) is 0. The highest BCUT2D eigenvalue weighted by Crippen LogP contribution is 2.45. The van der Waals surface area contributed by atoms with Gasteiger partial charge in [0.1, 0.15) is 0 Å². The number of fused-ring (bicyclic) bond motifs is 16. The molecule has 15 aromatic rings. The number of hydrogen-bond donors (Lipinski definition) is 0. The van der Waals surface area contributed by atoms with Gasteiger partial charge in [0.05, 0.1) is 22.1 Å². The number of para-hydroxylation sites is 2. The Morgan fingerprint density at radius 2 is 0.586 bits per heavy atom. The van der Waals surface area contributed by atoms with Gasteiger partial charge in [-0.25, -0.2) is 0 Å². The summed E-state index contributed by atoms with van der Waals surface area (Å²) in [5.74, 6) is 0. The molecular weight excluding hydrogens is 845 g/mol. The van der Waals surface area contributed by atoms with Crippen molar-refractivity contribution in [2.75, 3.05) is 0 Å². The van der Waals surface area contributed by atoms with Crippen molar-refractivity contribution in [1.82, 2.24) is 9.13 Å². The van der Waals surface area contributed by atoms with Crippen LogP contribution < -0.4 is 0 Å². The second-order valence-electron chi connectivity index (χ2n) is 18.8. The molecule has 15 rings (SSSR count). The smallest absolute Gasteiger partial charge is 0.0541 e. The first-order valence-corrected chi connectivity index (χ1v) is 24.2. The van der Waals surface area contributed by atoms with Crippen molar-refractivity contribution in [2.24, 2.45) is 0 Å². The van der Waals surface area contributed by atoms with Crippen molar-refractivity contribution < 1.29 is 0 Å². The number of nitrogens with zero attached hydrogens (tertiary/aromatic N) is 2. The molecule has 2 heterocycles. The van der Waals surface area contributed by atoms with Crippen molar-refractivity contribution in [3.8, 4) is 44.8 Å². The zero-order valence-electron chi connectivity index (χ0n) is 38.1. The number of aromatic nitrogens is 2. The molecule has 324 valence electrons. The molecule has 0 bridgehead atoms. The highest BCUT2D eigenvalue weighted by molar-refractivity contribution is 6.36. The monoisotopic (exact) mass is 886 g/mol. The van der Waals surface area contributed by atoms with Gasteiger partial charge in [-0.3, -0.25) is 0 Å². The second kappa shape index (κ2) is 15.1. The Bertz CT molecular complexity index is 4580. The summed E-state index contributed by atoms with van der Waals surface area (Å²) < 4.78 is 4.83. The van der Waals surface area contributed by atoms with E-state index in [0.29, 0.717) is 0 Å². The first-order chi connectivity index (χ1) is 34.7. The molecular formula is C68H42N2. The lowest BCUT2D eigenvalue weighted by Gasteiger charge is -2.17. The fourth-order valence-electron chi connectivity index (χ4n) is 11.9. The van der Waals surface area contributed by atoms with Crippen LogP contribution in [0.15, 0.2) is 255 Å². The molecule has 0 unspecified atom stereocenters. The molecule has 0 amide bonds. The lowest BCUT2D eigenvalue weighted by molar-refractivity contribution is 1.18. The minimum atomic E-state index is 1.14. The molecule has 0 N–H and O–H groups in total. The van der Waals surface area contributed by atoms with Gasteiger partial charge in [-0.15, -0.1) is 0 Å². The minimum absolute atomic E-state index is 1.14. The van der Waals surface area contributed by atoms with Gasteiger partial charge in [0.15, 0.2) is 0 Å². The molecule has 2 nitrogen and oxygen atoms in total. The van der Waals surface area contributed by atoms with E-state index in [9.17, 15) is 0 Å². The second-order valence-corrected chi connectivity index (χ2v) is 18.8. The molecule has 0 atom stereocenters. The van der Waals surface area contributed by atoms with Crippen LogP contribution in [0.3, 0.4) is 0 Å². The predicted octanol–water partition coefficient (Wildman–Crippen LogP) is 18.6. The highest BCUT2D eigenvalue weighted by Gasteiger charge is 2.19. The van der Waals surface area contributed by atoms with Gasteiger partial charge in [0, 0.05) is 32.9 Å². The summed E-state index contributed by atoms with van der Waals surface area (Å²) in [6.45, 7) is 0. The average Bonchev–Trinajstić information content (AvgIpc) is 3.95. The Hall–Kier alpha value is -9.24. The molecule has 2 aromatic heterocycles. The maximum atomic E-state index is 2.43. The Labute approximate surface area is 404 Å². The first kappa shape index (κ1) is 38.8. The van der Waals surface area contributed by atoms with Crippen LogP contribution in [0.1, 0.15) is 0 Å². The largest absolute Gasteiger partial charge is 0.309 e. The van der Waals surface area contributed by atoms with E-state index < -0.39 is 0 Å². The Balaban J connectivity index is 0.846. The summed E-state index contributed by atoms with van der Waals surface area (Å²) >= 11 is 0. The molecule has 2 heteroatoms. The molecule has 0 saturated heterocycles. The quantitative estimate of drug-likeness (QED) is 0.152.